The second-order valence-corrected chi connectivity index (χ2v) is 5.93. The van der Waals surface area contributed by atoms with Crippen LogP contribution in [0.5, 0.6) is 0 Å². The van der Waals surface area contributed by atoms with Gasteiger partial charge < -0.3 is 5.32 Å². The van der Waals surface area contributed by atoms with Crippen LogP contribution in [0.2, 0.25) is 0 Å². The van der Waals surface area contributed by atoms with Crippen LogP contribution in [0.1, 0.15) is 38.3 Å². The van der Waals surface area contributed by atoms with Crippen LogP contribution < -0.4 is 5.32 Å². The zero-order valence-corrected chi connectivity index (χ0v) is 12.5. The van der Waals surface area contributed by atoms with Crippen LogP contribution in [0, 0.1) is 17.6 Å². The lowest BCUT2D eigenvalue weighted by Gasteiger charge is -2.31. The maximum Gasteiger partial charge on any atom is 0.163 e. The molecule has 0 saturated carbocycles. The quantitative estimate of drug-likeness (QED) is 0.891. The zero-order chi connectivity index (χ0) is 14.7. The van der Waals surface area contributed by atoms with Crippen LogP contribution in [-0.2, 0) is 0 Å². The molecular weight excluding hydrogens is 258 g/mol. The number of halogens is 2. The maximum absolute atomic E-state index is 13.9. The van der Waals surface area contributed by atoms with Gasteiger partial charge in [0.1, 0.15) is 0 Å². The highest BCUT2D eigenvalue weighted by Gasteiger charge is 2.29. The molecule has 20 heavy (non-hydrogen) atoms. The van der Waals surface area contributed by atoms with E-state index in [1.54, 1.807) is 19.2 Å². The third-order valence-electron chi connectivity index (χ3n) is 4.31. The summed E-state index contributed by atoms with van der Waals surface area (Å²) in [7, 11) is 1.80. The van der Waals surface area contributed by atoms with E-state index < -0.39 is 11.6 Å². The van der Waals surface area contributed by atoms with Gasteiger partial charge in [-0.1, -0.05) is 26.0 Å². The zero-order valence-electron chi connectivity index (χ0n) is 12.5. The normalized spacial score (nSPS) is 21.6. The molecule has 0 amide bonds. The molecule has 1 aliphatic rings. The summed E-state index contributed by atoms with van der Waals surface area (Å²) in [6.07, 6.45) is 2.38. The summed E-state index contributed by atoms with van der Waals surface area (Å²) in [6, 6.07) is 4.77. The average molecular weight is 282 g/mol. The van der Waals surface area contributed by atoms with Crippen LogP contribution in [0.25, 0.3) is 0 Å². The Morgan fingerprint density at radius 2 is 2.10 bits per heavy atom. The minimum atomic E-state index is -0.774. The van der Waals surface area contributed by atoms with Gasteiger partial charge in [-0.05, 0) is 38.4 Å². The molecule has 1 aromatic rings. The number of rotatable bonds is 5. The Kier molecular flexibility index (Phi) is 5.11. The third kappa shape index (κ3) is 3.18. The summed E-state index contributed by atoms with van der Waals surface area (Å²) in [6.45, 7) is 6.21. The van der Waals surface area contributed by atoms with Gasteiger partial charge in [0.15, 0.2) is 11.6 Å². The molecule has 4 heteroatoms. The molecule has 0 aliphatic carbocycles. The highest BCUT2D eigenvalue weighted by atomic mass is 19.2. The Balaban J connectivity index is 2.15. The summed E-state index contributed by atoms with van der Waals surface area (Å²) < 4.78 is 27.3. The third-order valence-corrected chi connectivity index (χ3v) is 4.31. The Morgan fingerprint density at radius 1 is 1.35 bits per heavy atom. The number of hydrogen-bond donors (Lipinski definition) is 1. The summed E-state index contributed by atoms with van der Waals surface area (Å²) in [5, 5.41) is 3.12. The van der Waals surface area contributed by atoms with Gasteiger partial charge in [0, 0.05) is 24.2 Å². The molecule has 1 heterocycles. The standard InChI is InChI=1S/C16H24F2N2/c1-11(2)15-8-5-9-20(15)10-14(19-3)12-6-4-7-13(17)16(12)18/h4,6-7,11,14-15,19H,5,8-10H2,1-3H3. The molecule has 2 unspecified atom stereocenters. The molecule has 1 saturated heterocycles. The van der Waals surface area contributed by atoms with E-state index >= 15 is 0 Å². The Labute approximate surface area is 120 Å². The molecule has 0 radical (unpaired) electrons. The van der Waals surface area contributed by atoms with Gasteiger partial charge in [-0.15, -0.1) is 0 Å². The van der Waals surface area contributed by atoms with Gasteiger partial charge in [-0.3, -0.25) is 4.90 Å². The molecule has 1 N–H and O–H groups in total. The number of nitrogens with one attached hydrogen (secondary N) is 1. The van der Waals surface area contributed by atoms with Crippen molar-refractivity contribution in [1.29, 1.82) is 0 Å². The van der Waals surface area contributed by atoms with E-state index in [1.807, 2.05) is 0 Å². The largest absolute Gasteiger partial charge is 0.312 e. The van der Waals surface area contributed by atoms with Crippen molar-refractivity contribution in [3.8, 4) is 0 Å². The van der Waals surface area contributed by atoms with Crippen LogP contribution in [0.15, 0.2) is 18.2 Å². The van der Waals surface area contributed by atoms with Crippen molar-refractivity contribution in [2.24, 2.45) is 5.92 Å². The van der Waals surface area contributed by atoms with Gasteiger partial charge in [0.25, 0.3) is 0 Å². The van der Waals surface area contributed by atoms with Gasteiger partial charge in [0.2, 0.25) is 0 Å². The predicted molar refractivity (Wildman–Crippen MR) is 77.6 cm³/mol. The van der Waals surface area contributed by atoms with Gasteiger partial charge in [-0.2, -0.15) is 0 Å². The SMILES string of the molecule is CNC(CN1CCCC1C(C)C)c1cccc(F)c1F. The lowest BCUT2D eigenvalue weighted by molar-refractivity contribution is 0.187. The van der Waals surface area contributed by atoms with Crippen LogP contribution in [-0.4, -0.2) is 31.1 Å². The molecule has 0 spiro atoms. The van der Waals surface area contributed by atoms with Crippen molar-refractivity contribution >= 4 is 0 Å². The monoisotopic (exact) mass is 282 g/mol. The van der Waals surface area contributed by atoms with E-state index in [2.05, 4.69) is 24.1 Å². The number of benzene rings is 1. The van der Waals surface area contributed by atoms with E-state index in [0.29, 0.717) is 17.5 Å². The fraction of sp³-hybridized carbons (Fsp3) is 0.625. The van der Waals surface area contributed by atoms with Crippen molar-refractivity contribution in [2.45, 2.75) is 38.8 Å². The van der Waals surface area contributed by atoms with E-state index in [4.69, 9.17) is 0 Å². The first-order chi connectivity index (χ1) is 9.54. The summed E-state index contributed by atoms with van der Waals surface area (Å²) in [5.74, 6) is -0.913. The molecule has 2 nitrogen and oxygen atoms in total. The first kappa shape index (κ1) is 15.4. The molecular formula is C16H24F2N2. The lowest BCUT2D eigenvalue weighted by atomic mass is 10.00. The predicted octanol–water partition coefficient (Wildman–Crippen LogP) is 3.35. The van der Waals surface area contributed by atoms with E-state index in [0.717, 1.165) is 13.1 Å². The minimum absolute atomic E-state index is 0.176. The summed E-state index contributed by atoms with van der Waals surface area (Å²) >= 11 is 0. The molecule has 0 bridgehead atoms. The topological polar surface area (TPSA) is 15.3 Å². The molecule has 1 aliphatic heterocycles. The van der Waals surface area contributed by atoms with E-state index in [1.165, 1.54) is 18.9 Å². The lowest BCUT2D eigenvalue weighted by Crippen LogP contribution is -2.39. The smallest absolute Gasteiger partial charge is 0.163 e. The van der Waals surface area contributed by atoms with Gasteiger partial charge >= 0.3 is 0 Å². The highest BCUT2D eigenvalue weighted by molar-refractivity contribution is 5.23. The average Bonchev–Trinajstić information content (AvgIpc) is 2.88. The van der Waals surface area contributed by atoms with Crippen LogP contribution >= 0.6 is 0 Å². The fourth-order valence-electron chi connectivity index (χ4n) is 3.20. The second-order valence-electron chi connectivity index (χ2n) is 5.93. The van der Waals surface area contributed by atoms with Crippen molar-refractivity contribution in [3.63, 3.8) is 0 Å². The Bertz CT molecular complexity index is 448. The van der Waals surface area contributed by atoms with E-state index in [9.17, 15) is 8.78 Å². The Morgan fingerprint density at radius 3 is 2.75 bits per heavy atom. The number of likely N-dealkylation sites (N-methyl/N-ethyl adjacent to an activating group) is 1. The minimum Gasteiger partial charge on any atom is -0.312 e. The molecule has 1 aromatic carbocycles. The van der Waals surface area contributed by atoms with Crippen molar-refractivity contribution in [2.75, 3.05) is 20.1 Å². The number of hydrogen-bond acceptors (Lipinski definition) is 2. The second kappa shape index (κ2) is 6.64. The maximum atomic E-state index is 13.9. The van der Waals surface area contributed by atoms with Crippen molar-refractivity contribution in [3.05, 3.63) is 35.4 Å². The summed E-state index contributed by atoms with van der Waals surface area (Å²) in [4.78, 5) is 2.40. The summed E-state index contributed by atoms with van der Waals surface area (Å²) in [5.41, 5.74) is 0.418. The van der Waals surface area contributed by atoms with Crippen LogP contribution in [0.3, 0.4) is 0 Å². The molecule has 2 rings (SSSR count). The van der Waals surface area contributed by atoms with Crippen molar-refractivity contribution < 1.29 is 8.78 Å². The number of nitrogens with zero attached hydrogens (tertiary/aromatic N) is 1. The molecule has 1 fully saturated rings. The fourth-order valence-corrected chi connectivity index (χ4v) is 3.20. The molecule has 2 atom stereocenters. The van der Waals surface area contributed by atoms with Gasteiger partial charge in [0.05, 0.1) is 0 Å². The highest BCUT2D eigenvalue weighted by Crippen LogP contribution is 2.27. The molecule has 112 valence electrons. The van der Waals surface area contributed by atoms with Crippen LogP contribution in [0.4, 0.5) is 8.78 Å². The van der Waals surface area contributed by atoms with Crippen molar-refractivity contribution in [1.82, 2.24) is 10.2 Å². The first-order valence-corrected chi connectivity index (χ1v) is 7.39. The molecule has 0 aromatic heterocycles. The van der Waals surface area contributed by atoms with E-state index in [-0.39, 0.29) is 6.04 Å². The Hall–Kier alpha value is -1.00. The van der Waals surface area contributed by atoms with Gasteiger partial charge in [-0.25, -0.2) is 8.78 Å². The number of likely N-dealkylation sites (tertiary alicyclic amines) is 1. The first-order valence-electron chi connectivity index (χ1n) is 7.39.